The van der Waals surface area contributed by atoms with Gasteiger partial charge in [-0.1, -0.05) is 66.2 Å². The third-order valence-electron chi connectivity index (χ3n) is 5.96. The minimum atomic E-state index is -0.876. The second kappa shape index (κ2) is 9.42. The highest BCUT2D eigenvalue weighted by atomic mass is 16.5. The molecule has 0 saturated heterocycles. The zero-order valence-corrected chi connectivity index (χ0v) is 19.5. The topological polar surface area (TPSA) is 100 Å². The van der Waals surface area contributed by atoms with Gasteiger partial charge in [-0.05, 0) is 35.7 Å². The molecule has 1 aliphatic rings. The standard InChI is InChI=1S/C27H25N5O3/c1-17-7-6-10-19(13-17)20-11-12-23-22(15-20)32(2)27(34)21(16-35-23)28-26(33)25-29-24(30-31-25)14-18-8-4-3-5-9-18/h3-13,15,21H,14,16H2,1-2H3,(H,28,33)(H,29,30,31)/t21-/m0/s1. The molecular formula is C27H25N5O3. The lowest BCUT2D eigenvalue weighted by atomic mass is 10.0. The number of ether oxygens (including phenoxy) is 1. The van der Waals surface area contributed by atoms with Crippen LogP contribution in [-0.2, 0) is 11.2 Å². The van der Waals surface area contributed by atoms with Gasteiger partial charge in [0, 0.05) is 13.5 Å². The number of likely N-dealkylation sites (N-methyl/N-ethyl adjacent to an activating group) is 1. The fourth-order valence-electron chi connectivity index (χ4n) is 4.09. The van der Waals surface area contributed by atoms with Crippen LogP contribution < -0.4 is 15.0 Å². The van der Waals surface area contributed by atoms with E-state index in [1.165, 1.54) is 4.90 Å². The molecule has 1 aromatic heterocycles. The first kappa shape index (κ1) is 22.3. The van der Waals surface area contributed by atoms with Crippen LogP contribution in [0.3, 0.4) is 0 Å². The van der Waals surface area contributed by atoms with Gasteiger partial charge in [0.15, 0.2) is 0 Å². The van der Waals surface area contributed by atoms with Crippen molar-refractivity contribution in [2.24, 2.45) is 0 Å². The smallest absolute Gasteiger partial charge is 0.291 e. The summed E-state index contributed by atoms with van der Waals surface area (Å²) in [6.07, 6.45) is 0.522. The Morgan fingerprint density at radius 1 is 1.09 bits per heavy atom. The molecule has 1 atom stereocenters. The van der Waals surface area contributed by atoms with Gasteiger partial charge in [0.25, 0.3) is 11.8 Å². The van der Waals surface area contributed by atoms with Gasteiger partial charge in [-0.15, -0.1) is 5.10 Å². The third kappa shape index (κ3) is 4.77. The summed E-state index contributed by atoms with van der Waals surface area (Å²) < 4.78 is 5.91. The monoisotopic (exact) mass is 467 g/mol. The van der Waals surface area contributed by atoms with Gasteiger partial charge in [-0.2, -0.15) is 0 Å². The molecular weight excluding hydrogens is 442 g/mol. The van der Waals surface area contributed by atoms with Gasteiger partial charge < -0.3 is 15.0 Å². The Balaban J connectivity index is 1.30. The molecule has 0 unspecified atom stereocenters. The summed E-state index contributed by atoms with van der Waals surface area (Å²) in [6.45, 7) is 2.05. The number of aromatic amines is 1. The maximum absolute atomic E-state index is 13.2. The number of anilines is 1. The lowest BCUT2D eigenvalue weighted by Gasteiger charge is -2.20. The van der Waals surface area contributed by atoms with Crippen LogP contribution in [0.4, 0.5) is 5.69 Å². The minimum Gasteiger partial charge on any atom is -0.489 e. The van der Waals surface area contributed by atoms with Crippen molar-refractivity contribution >= 4 is 17.5 Å². The zero-order chi connectivity index (χ0) is 24.4. The van der Waals surface area contributed by atoms with E-state index in [0.29, 0.717) is 23.7 Å². The van der Waals surface area contributed by atoms with E-state index in [-0.39, 0.29) is 18.3 Å². The number of aromatic nitrogens is 3. The van der Waals surface area contributed by atoms with Crippen molar-refractivity contribution in [2.75, 3.05) is 18.6 Å². The summed E-state index contributed by atoms with van der Waals surface area (Å²) >= 11 is 0. The van der Waals surface area contributed by atoms with Crippen LogP contribution in [0.5, 0.6) is 5.75 Å². The van der Waals surface area contributed by atoms with Crippen molar-refractivity contribution in [1.29, 1.82) is 0 Å². The molecule has 0 saturated carbocycles. The van der Waals surface area contributed by atoms with E-state index in [1.807, 2.05) is 73.7 Å². The number of hydrogen-bond acceptors (Lipinski definition) is 5. The molecule has 8 heteroatoms. The molecule has 2 amide bonds. The Morgan fingerprint density at radius 2 is 1.89 bits per heavy atom. The molecule has 0 radical (unpaired) electrons. The number of aryl methyl sites for hydroxylation is 1. The molecule has 0 aliphatic carbocycles. The van der Waals surface area contributed by atoms with Gasteiger partial charge in [-0.3, -0.25) is 14.7 Å². The first-order chi connectivity index (χ1) is 17.0. The Hall–Kier alpha value is -4.46. The van der Waals surface area contributed by atoms with Gasteiger partial charge in [0.1, 0.15) is 24.2 Å². The third-order valence-corrected chi connectivity index (χ3v) is 5.96. The van der Waals surface area contributed by atoms with Gasteiger partial charge in [-0.25, -0.2) is 4.98 Å². The molecule has 3 aromatic carbocycles. The van der Waals surface area contributed by atoms with Crippen molar-refractivity contribution in [2.45, 2.75) is 19.4 Å². The Bertz CT molecular complexity index is 1380. The van der Waals surface area contributed by atoms with E-state index in [1.54, 1.807) is 7.05 Å². The molecule has 4 aromatic rings. The number of H-pyrrole nitrogens is 1. The number of rotatable bonds is 5. The van der Waals surface area contributed by atoms with Crippen molar-refractivity contribution in [3.8, 4) is 16.9 Å². The first-order valence-electron chi connectivity index (χ1n) is 11.4. The minimum absolute atomic E-state index is 0.00694. The average molecular weight is 468 g/mol. The largest absolute Gasteiger partial charge is 0.489 e. The molecule has 2 heterocycles. The number of carbonyl (C=O) groups excluding carboxylic acids is 2. The average Bonchev–Trinajstić information content (AvgIpc) is 3.30. The van der Waals surface area contributed by atoms with Crippen molar-refractivity contribution in [3.63, 3.8) is 0 Å². The van der Waals surface area contributed by atoms with Gasteiger partial charge in [0.2, 0.25) is 5.82 Å². The molecule has 5 rings (SSSR count). The Kier molecular flexibility index (Phi) is 6.01. The number of nitrogens with one attached hydrogen (secondary N) is 2. The van der Waals surface area contributed by atoms with Crippen LogP contribution in [0, 0.1) is 6.92 Å². The molecule has 0 spiro atoms. The Morgan fingerprint density at radius 3 is 2.69 bits per heavy atom. The number of fused-ring (bicyclic) bond motifs is 1. The second-order valence-corrected chi connectivity index (χ2v) is 8.55. The normalized spacial score (nSPS) is 15.2. The van der Waals surface area contributed by atoms with Crippen LogP contribution in [0.15, 0.2) is 72.8 Å². The molecule has 2 N–H and O–H groups in total. The molecule has 1 aliphatic heterocycles. The van der Waals surface area contributed by atoms with Gasteiger partial charge in [0.05, 0.1) is 5.69 Å². The highest BCUT2D eigenvalue weighted by molar-refractivity contribution is 6.02. The predicted molar refractivity (Wildman–Crippen MR) is 132 cm³/mol. The van der Waals surface area contributed by atoms with Crippen LogP contribution in [0.25, 0.3) is 11.1 Å². The van der Waals surface area contributed by atoms with Crippen molar-refractivity contribution in [3.05, 3.63) is 95.6 Å². The first-order valence-corrected chi connectivity index (χ1v) is 11.4. The summed E-state index contributed by atoms with van der Waals surface area (Å²) in [4.78, 5) is 31.8. The van der Waals surface area contributed by atoms with E-state index in [4.69, 9.17) is 4.74 Å². The van der Waals surface area contributed by atoms with Gasteiger partial charge >= 0.3 is 0 Å². The highest BCUT2D eigenvalue weighted by Crippen LogP contribution is 2.35. The zero-order valence-electron chi connectivity index (χ0n) is 19.5. The SMILES string of the molecule is Cc1cccc(-c2ccc3c(c2)N(C)C(=O)[C@@H](NC(=O)c2n[nH]c(Cc4ccccc4)n2)CO3)c1. The van der Waals surface area contributed by atoms with Crippen molar-refractivity contribution < 1.29 is 14.3 Å². The summed E-state index contributed by atoms with van der Waals surface area (Å²) in [7, 11) is 1.68. The summed E-state index contributed by atoms with van der Waals surface area (Å²) in [5.41, 5.74) is 4.88. The molecule has 176 valence electrons. The number of benzene rings is 3. The van der Waals surface area contributed by atoms with Crippen molar-refractivity contribution in [1.82, 2.24) is 20.5 Å². The number of carbonyl (C=O) groups is 2. The molecule has 0 fully saturated rings. The van der Waals surface area contributed by atoms with Crippen LogP contribution in [-0.4, -0.2) is 46.7 Å². The summed E-state index contributed by atoms with van der Waals surface area (Å²) in [5, 5.41) is 9.54. The van der Waals surface area contributed by atoms with Crippen LogP contribution >= 0.6 is 0 Å². The summed E-state index contributed by atoms with van der Waals surface area (Å²) in [6, 6.07) is 22.8. The van der Waals surface area contributed by atoms with E-state index in [9.17, 15) is 9.59 Å². The molecule has 35 heavy (non-hydrogen) atoms. The fourth-order valence-corrected chi connectivity index (χ4v) is 4.09. The van der Waals surface area contributed by atoms with Crippen LogP contribution in [0.2, 0.25) is 0 Å². The van der Waals surface area contributed by atoms with E-state index < -0.39 is 11.9 Å². The lowest BCUT2D eigenvalue weighted by Crippen LogP contribution is -2.49. The summed E-state index contributed by atoms with van der Waals surface area (Å²) in [5.74, 6) is 0.311. The highest BCUT2D eigenvalue weighted by Gasteiger charge is 2.31. The Labute approximate surface area is 203 Å². The number of hydrogen-bond donors (Lipinski definition) is 2. The maximum Gasteiger partial charge on any atom is 0.291 e. The number of nitrogens with zero attached hydrogens (tertiary/aromatic N) is 3. The fraction of sp³-hybridized carbons (Fsp3) is 0.185. The van der Waals surface area contributed by atoms with Crippen LogP contribution in [0.1, 0.15) is 27.6 Å². The number of amides is 2. The van der Waals surface area contributed by atoms with E-state index in [2.05, 4.69) is 26.6 Å². The predicted octanol–water partition coefficient (Wildman–Crippen LogP) is 3.52. The molecule has 8 nitrogen and oxygen atoms in total. The van der Waals surface area contributed by atoms with E-state index in [0.717, 1.165) is 22.3 Å². The maximum atomic E-state index is 13.2. The van der Waals surface area contributed by atoms with E-state index >= 15 is 0 Å². The quantitative estimate of drug-likeness (QED) is 0.468. The second-order valence-electron chi connectivity index (χ2n) is 8.55. The lowest BCUT2D eigenvalue weighted by molar-refractivity contribution is -0.120. The molecule has 0 bridgehead atoms.